The second-order valence-electron chi connectivity index (χ2n) is 32.6. The van der Waals surface area contributed by atoms with E-state index in [9.17, 15) is 39.0 Å². The van der Waals surface area contributed by atoms with Crippen LogP contribution in [0.25, 0.3) is 0 Å². The Labute approximate surface area is 638 Å². The van der Waals surface area contributed by atoms with Crippen molar-refractivity contribution < 1.29 is 95.8 Å². The molecular formula is C85H158O20. The van der Waals surface area contributed by atoms with Gasteiger partial charge < -0.3 is 67.1 Å². The molecule has 0 spiro atoms. The third-order valence-electron chi connectivity index (χ3n) is 22.5. The van der Waals surface area contributed by atoms with Gasteiger partial charge in [0.25, 0.3) is 0 Å². The Hall–Kier alpha value is -3.50. The number of aliphatic hydroxyl groups is 2. The van der Waals surface area contributed by atoms with E-state index in [-0.39, 0.29) is 138 Å². The van der Waals surface area contributed by atoms with Gasteiger partial charge in [-0.25, -0.2) is 0 Å². The number of esters is 6. The van der Waals surface area contributed by atoms with Crippen LogP contribution in [0.1, 0.15) is 347 Å². The molecule has 6 saturated heterocycles. The van der Waals surface area contributed by atoms with Crippen LogP contribution in [-0.4, -0.2) is 168 Å². The molecule has 0 aromatic carbocycles. The second kappa shape index (κ2) is 50.4. The van der Waals surface area contributed by atoms with E-state index < -0.39 is 17.3 Å². The first kappa shape index (κ1) is 99.5. The smallest absolute Gasteiger partial charge is 0.312 e. The van der Waals surface area contributed by atoms with Crippen molar-refractivity contribution in [2.75, 3.05) is 13.7 Å². The molecule has 6 heterocycles. The van der Waals surface area contributed by atoms with Gasteiger partial charge in [0.15, 0.2) is 0 Å². The summed E-state index contributed by atoms with van der Waals surface area (Å²) >= 11 is 0. The summed E-state index contributed by atoms with van der Waals surface area (Å²) in [4.78, 5) is 70.5. The minimum absolute atomic E-state index is 0.0110. The summed E-state index contributed by atoms with van der Waals surface area (Å²) in [5.74, 6) is 0.0875. The number of hydrogen-bond acceptors (Lipinski definition) is 20. The third kappa shape index (κ3) is 35.6. The number of ether oxygens (including phenoxy) is 12. The van der Waals surface area contributed by atoms with E-state index in [1.54, 1.807) is 13.8 Å². The van der Waals surface area contributed by atoms with Gasteiger partial charge in [0.2, 0.25) is 0 Å². The van der Waals surface area contributed by atoms with Crippen LogP contribution >= 0.6 is 0 Å². The summed E-state index contributed by atoms with van der Waals surface area (Å²) in [6.07, 6.45) is 23.6. The predicted octanol–water partition coefficient (Wildman–Crippen LogP) is 18.1. The normalized spacial score (nSPS) is 29.7. The van der Waals surface area contributed by atoms with Gasteiger partial charge in [-0.1, -0.05) is 111 Å². The van der Waals surface area contributed by atoms with E-state index in [0.717, 1.165) is 141 Å². The molecule has 0 bridgehead atoms. The van der Waals surface area contributed by atoms with Crippen molar-refractivity contribution >= 4 is 35.8 Å². The van der Waals surface area contributed by atoms with Gasteiger partial charge in [-0.05, 0) is 222 Å². The minimum Gasteiger partial charge on any atom is -0.469 e. The second-order valence-corrected chi connectivity index (χ2v) is 32.6. The summed E-state index contributed by atoms with van der Waals surface area (Å²) < 4.78 is 66.7. The molecule has 0 amide bonds. The summed E-state index contributed by atoms with van der Waals surface area (Å²) in [6, 6.07) is 0. The first-order valence-electron chi connectivity index (χ1n) is 41.7. The van der Waals surface area contributed by atoms with Crippen LogP contribution in [0.4, 0.5) is 0 Å². The molecule has 2 N–H and O–H groups in total. The highest BCUT2D eigenvalue weighted by Crippen LogP contribution is 2.42. The number of aliphatic hydroxyl groups excluding tert-OH is 1. The van der Waals surface area contributed by atoms with Crippen molar-refractivity contribution in [3.05, 3.63) is 0 Å². The maximum atomic E-state index is 12.4. The van der Waals surface area contributed by atoms with Crippen LogP contribution in [0.3, 0.4) is 0 Å². The van der Waals surface area contributed by atoms with Crippen molar-refractivity contribution in [1.82, 2.24) is 0 Å². The number of rotatable bonds is 33. The highest BCUT2D eigenvalue weighted by molar-refractivity contribution is 5.74. The molecule has 0 aliphatic carbocycles. The van der Waals surface area contributed by atoms with Crippen molar-refractivity contribution in [1.29, 1.82) is 0 Å². The van der Waals surface area contributed by atoms with Crippen molar-refractivity contribution in [3.63, 3.8) is 0 Å². The van der Waals surface area contributed by atoms with E-state index in [4.69, 9.17) is 52.1 Å². The molecule has 0 aromatic rings. The molecule has 6 fully saturated rings. The summed E-state index contributed by atoms with van der Waals surface area (Å²) in [5.41, 5.74) is -2.12. The number of carbonyl (C=O) groups is 6. The average Bonchev–Trinajstić information content (AvgIpc) is 1.70. The molecule has 20 nitrogen and oxygen atoms in total. The van der Waals surface area contributed by atoms with Gasteiger partial charge in [-0.3, -0.25) is 28.8 Å². The standard InChI is InChI=1S/C17H32O3.C15H28O3.2C14H26O4.C13H24O3.C12H22O3/c1-7-13-11-14(15(8-2)19-13)12(5)16(18)20-17(6,9-3)10-4;1-6-12-9-11(13(7-2)17-12)10-14(16)18-15(4,5)8-3;1-5-10-7-11(13(6-2)18-10)12(15)8-14(16)17-9(3)4;1-5-10-8-11(12(6-2)18-10)14(4,16)9-13(15)17-7-3;1-6-9-8-10(11(7-2)15-9)12(14)16-13(3,4)5;1-4-10-8-9(11(5-2)15-10)6-7-12(13)14-3/h12-15H,7-11H2,1-6H3;11-13H,6-10H2,1-5H3;9-13,15H,5-8H2,1-4H3;10-12,16H,5-9H2,1-4H3;9-11H,6-8H2,1-5H3;9-11H,4-8H2,1-3H3. The zero-order valence-corrected chi connectivity index (χ0v) is 71.5. The Morgan fingerprint density at radius 2 is 0.886 bits per heavy atom. The van der Waals surface area contributed by atoms with Crippen molar-refractivity contribution in [2.45, 2.75) is 455 Å². The minimum atomic E-state index is -1.04. The van der Waals surface area contributed by atoms with Gasteiger partial charge in [0, 0.05) is 24.2 Å². The van der Waals surface area contributed by atoms with E-state index in [0.29, 0.717) is 61.6 Å². The summed E-state index contributed by atoms with van der Waals surface area (Å²) in [6.45, 7) is 52.6. The lowest BCUT2D eigenvalue weighted by Gasteiger charge is -2.32. The molecule has 0 saturated carbocycles. The van der Waals surface area contributed by atoms with E-state index in [2.05, 4.69) is 102 Å². The Kier molecular flexibility index (Phi) is 47.8. The zero-order chi connectivity index (χ0) is 80.2. The molecule has 6 aliphatic heterocycles. The maximum Gasteiger partial charge on any atom is 0.312 e. The zero-order valence-electron chi connectivity index (χ0n) is 71.5. The number of methoxy groups -OCH3 is 1. The maximum absolute atomic E-state index is 12.4. The van der Waals surface area contributed by atoms with Crippen LogP contribution in [0.15, 0.2) is 0 Å². The highest BCUT2D eigenvalue weighted by atomic mass is 16.6. The topological polar surface area (TPSA) is 254 Å². The van der Waals surface area contributed by atoms with Crippen LogP contribution in [0, 0.1) is 41.4 Å². The monoisotopic (exact) mass is 1500 g/mol. The molecule has 0 aromatic heterocycles. The molecule has 618 valence electrons. The molecule has 20 heteroatoms. The molecule has 21 unspecified atom stereocenters. The van der Waals surface area contributed by atoms with Crippen molar-refractivity contribution in [3.8, 4) is 0 Å². The summed E-state index contributed by atoms with van der Waals surface area (Å²) in [7, 11) is 1.44. The molecule has 6 aliphatic rings. The lowest BCUT2D eigenvalue weighted by atomic mass is 9.79. The summed E-state index contributed by atoms with van der Waals surface area (Å²) in [5, 5.41) is 20.7. The van der Waals surface area contributed by atoms with Gasteiger partial charge in [-0.15, -0.1) is 0 Å². The van der Waals surface area contributed by atoms with Gasteiger partial charge in [0.1, 0.15) is 16.8 Å². The van der Waals surface area contributed by atoms with Crippen LogP contribution in [0.5, 0.6) is 0 Å². The third-order valence-corrected chi connectivity index (χ3v) is 22.5. The lowest BCUT2D eigenvalue weighted by Crippen LogP contribution is -2.41. The fourth-order valence-electron chi connectivity index (χ4n) is 15.1. The average molecular weight is 1500 g/mol. The van der Waals surface area contributed by atoms with Crippen LogP contribution < -0.4 is 0 Å². The van der Waals surface area contributed by atoms with Crippen LogP contribution in [0.2, 0.25) is 0 Å². The molecular weight excluding hydrogens is 1340 g/mol. The Bertz CT molecular complexity index is 2400. The molecule has 6 rings (SSSR count). The number of carbonyl (C=O) groups excluding carboxylic acids is 6. The fraction of sp³-hybridized carbons (Fsp3) is 0.929. The fourth-order valence-corrected chi connectivity index (χ4v) is 15.1. The van der Waals surface area contributed by atoms with Crippen LogP contribution in [-0.2, 0) is 85.6 Å². The quantitative estimate of drug-likeness (QED) is 0.0457. The van der Waals surface area contributed by atoms with E-state index in [1.807, 2.05) is 69.2 Å². The SMILES string of the molecule is CCC1CC(C(=O)OC(C)(C)C)C(CC)O1.CCC1CC(C(C)C(=O)OC(C)(CC)CC)C(CC)O1.CCC1CC(C(O)CC(=O)OC(C)C)C(CC)O1.CCC1CC(CC(=O)OC(C)(C)CC)C(CC)O1.CCC1CC(CCC(=O)OC)C(CC)O1.CCOC(=O)CC(C)(O)C1CC(CC)OC1CC. The molecule has 0 radical (unpaired) electrons. The lowest BCUT2D eigenvalue weighted by molar-refractivity contribution is -0.166. The first-order valence-corrected chi connectivity index (χ1v) is 41.7. The highest BCUT2D eigenvalue weighted by Gasteiger charge is 2.47. The van der Waals surface area contributed by atoms with Gasteiger partial charge in [0.05, 0.1) is 136 Å². The van der Waals surface area contributed by atoms with Gasteiger partial charge in [-0.2, -0.15) is 0 Å². The Balaban J connectivity index is 0.000000631. The van der Waals surface area contributed by atoms with E-state index >= 15 is 0 Å². The molecule has 105 heavy (non-hydrogen) atoms. The first-order chi connectivity index (χ1) is 49.3. The Morgan fingerprint density at radius 3 is 1.33 bits per heavy atom. The number of hydrogen-bond donors (Lipinski definition) is 2. The molecule has 21 atom stereocenters. The van der Waals surface area contributed by atoms with Crippen molar-refractivity contribution in [2.24, 2.45) is 41.4 Å². The van der Waals surface area contributed by atoms with Gasteiger partial charge >= 0.3 is 35.8 Å². The predicted molar refractivity (Wildman–Crippen MR) is 414 cm³/mol. The Morgan fingerprint density at radius 1 is 0.457 bits per heavy atom. The largest absolute Gasteiger partial charge is 0.469 e. The van der Waals surface area contributed by atoms with E-state index in [1.165, 1.54) is 7.11 Å².